The van der Waals surface area contributed by atoms with Crippen molar-refractivity contribution in [1.29, 1.82) is 0 Å². The van der Waals surface area contributed by atoms with Gasteiger partial charge in [-0.15, -0.1) is 0 Å². The van der Waals surface area contributed by atoms with E-state index in [1.807, 2.05) is 35.2 Å². The third kappa shape index (κ3) is 5.28. The van der Waals surface area contributed by atoms with Crippen molar-refractivity contribution >= 4 is 34.7 Å². The topological polar surface area (TPSA) is 138 Å². The summed E-state index contributed by atoms with van der Waals surface area (Å²) >= 11 is 1.51. The molecule has 1 aliphatic rings. The van der Waals surface area contributed by atoms with Crippen LogP contribution in [0.1, 0.15) is 31.9 Å². The molecule has 0 atom stereocenters. The van der Waals surface area contributed by atoms with E-state index in [1.165, 1.54) is 18.1 Å². The van der Waals surface area contributed by atoms with Gasteiger partial charge in [-0.1, -0.05) is 11.8 Å². The van der Waals surface area contributed by atoms with E-state index in [2.05, 4.69) is 14.5 Å². The Bertz CT molecular complexity index is 1410. The number of imidazole rings is 1. The van der Waals surface area contributed by atoms with Crippen LogP contribution in [0.25, 0.3) is 22.5 Å². The summed E-state index contributed by atoms with van der Waals surface area (Å²) in [7, 11) is 1.64. The smallest absolute Gasteiger partial charge is 0.219 e. The van der Waals surface area contributed by atoms with Gasteiger partial charge in [-0.2, -0.15) is 0 Å². The average Bonchev–Trinajstić information content (AvgIpc) is 3.53. The molecule has 1 saturated heterocycles. The molecular weight excluding hydrogens is 490 g/mol. The van der Waals surface area contributed by atoms with E-state index >= 15 is 0 Å². The Labute approximate surface area is 219 Å². The molecule has 0 bridgehead atoms. The molecule has 194 valence electrons. The van der Waals surface area contributed by atoms with E-state index in [0.717, 1.165) is 66.0 Å². The van der Waals surface area contributed by atoms with Gasteiger partial charge in [0.2, 0.25) is 5.91 Å². The molecule has 4 aromatic rings. The van der Waals surface area contributed by atoms with E-state index < -0.39 is 0 Å². The number of methoxy groups -OCH3 is 1. The van der Waals surface area contributed by atoms with E-state index in [4.69, 9.17) is 25.6 Å². The van der Waals surface area contributed by atoms with Gasteiger partial charge in [-0.3, -0.25) is 4.79 Å². The minimum absolute atomic E-state index is 0.147. The van der Waals surface area contributed by atoms with Crippen LogP contribution in [0.4, 0.5) is 5.82 Å². The van der Waals surface area contributed by atoms with Crippen molar-refractivity contribution in [3.63, 3.8) is 0 Å². The number of piperidine rings is 1. The van der Waals surface area contributed by atoms with Gasteiger partial charge in [0.1, 0.15) is 23.6 Å². The third-order valence-electron chi connectivity index (χ3n) is 6.86. The Balaban J connectivity index is 1.47. The van der Waals surface area contributed by atoms with Crippen LogP contribution >= 0.6 is 11.8 Å². The Morgan fingerprint density at radius 1 is 1.22 bits per heavy atom. The van der Waals surface area contributed by atoms with E-state index in [9.17, 15) is 4.79 Å². The Kier molecular flexibility index (Phi) is 7.33. The van der Waals surface area contributed by atoms with E-state index in [-0.39, 0.29) is 5.91 Å². The molecule has 1 aromatic carbocycles. The number of benzene rings is 1. The number of amides is 1. The molecule has 1 aliphatic heterocycles. The summed E-state index contributed by atoms with van der Waals surface area (Å²) in [6.45, 7) is 4.32. The maximum absolute atomic E-state index is 11.7. The van der Waals surface area contributed by atoms with Crippen molar-refractivity contribution in [2.75, 3.05) is 25.9 Å². The molecule has 4 N–H and O–H groups in total. The molecule has 1 amide bonds. The first kappa shape index (κ1) is 25.1. The zero-order valence-corrected chi connectivity index (χ0v) is 21.8. The number of anilines is 1. The number of likely N-dealkylation sites (tertiary alicyclic amines) is 1. The third-order valence-corrected chi connectivity index (χ3v) is 7.92. The SMILES string of the molecule is COc1ccc(-c2ccc(CN)o2)c(Sc2nc3c(N)ncnc3n2CCC2CCN(C(C)=O)CC2)c1. The van der Waals surface area contributed by atoms with Gasteiger partial charge >= 0.3 is 0 Å². The normalized spacial score (nSPS) is 14.4. The largest absolute Gasteiger partial charge is 0.497 e. The molecule has 37 heavy (non-hydrogen) atoms. The molecule has 10 nitrogen and oxygen atoms in total. The highest BCUT2D eigenvalue weighted by Gasteiger charge is 2.23. The van der Waals surface area contributed by atoms with Crippen molar-refractivity contribution in [2.45, 2.75) is 49.3 Å². The highest BCUT2D eigenvalue weighted by molar-refractivity contribution is 7.99. The zero-order valence-electron chi connectivity index (χ0n) is 21.0. The quantitative estimate of drug-likeness (QED) is 0.353. The fourth-order valence-electron chi connectivity index (χ4n) is 4.71. The van der Waals surface area contributed by atoms with Crippen LogP contribution in [-0.2, 0) is 17.9 Å². The maximum atomic E-state index is 11.7. The molecule has 1 fully saturated rings. The molecule has 3 aromatic heterocycles. The molecule has 0 saturated carbocycles. The summed E-state index contributed by atoms with van der Waals surface area (Å²) in [5.74, 6) is 3.20. The predicted molar refractivity (Wildman–Crippen MR) is 142 cm³/mol. The number of aromatic nitrogens is 4. The second-order valence-corrected chi connectivity index (χ2v) is 10.2. The maximum Gasteiger partial charge on any atom is 0.219 e. The molecule has 0 aliphatic carbocycles. The van der Waals surface area contributed by atoms with Gasteiger partial charge in [0.05, 0.1) is 13.7 Å². The standard InChI is InChI=1S/C26H31N7O3S/c1-16(34)32-10-7-17(8-11-32)9-12-33-25-23(24(28)29-15-30-25)31-26(33)37-22-13-18(35-2)3-5-20(22)21-6-4-19(14-27)36-21/h3-6,13,15,17H,7-12,14,27H2,1-2H3,(H2,28,29,30). The van der Waals surface area contributed by atoms with Crippen LogP contribution in [0.15, 0.2) is 51.1 Å². The number of aryl methyl sites for hydroxylation is 1. The summed E-state index contributed by atoms with van der Waals surface area (Å²) in [6.07, 6.45) is 4.42. The summed E-state index contributed by atoms with van der Waals surface area (Å²) in [5.41, 5.74) is 14.2. The lowest BCUT2D eigenvalue weighted by Gasteiger charge is -2.31. The number of hydrogen-bond donors (Lipinski definition) is 2. The lowest BCUT2D eigenvalue weighted by molar-refractivity contribution is -0.130. The van der Waals surface area contributed by atoms with Crippen molar-refractivity contribution in [3.05, 3.63) is 42.4 Å². The monoisotopic (exact) mass is 521 g/mol. The van der Waals surface area contributed by atoms with E-state index in [1.54, 1.807) is 14.0 Å². The Morgan fingerprint density at radius 3 is 2.73 bits per heavy atom. The number of fused-ring (bicyclic) bond motifs is 1. The first-order valence-electron chi connectivity index (χ1n) is 12.3. The zero-order chi connectivity index (χ0) is 25.9. The first-order chi connectivity index (χ1) is 18.0. The van der Waals surface area contributed by atoms with Crippen LogP contribution in [0.2, 0.25) is 0 Å². The first-order valence-corrected chi connectivity index (χ1v) is 13.2. The summed E-state index contributed by atoms with van der Waals surface area (Å²) < 4.78 is 13.6. The Morgan fingerprint density at radius 2 is 2.03 bits per heavy atom. The number of carbonyl (C=O) groups excluding carboxylic acids is 1. The minimum atomic E-state index is 0.147. The van der Waals surface area contributed by atoms with Gasteiger partial charge in [-0.05, 0) is 55.5 Å². The van der Waals surface area contributed by atoms with Crippen molar-refractivity contribution in [3.8, 4) is 17.1 Å². The predicted octanol–water partition coefficient (Wildman–Crippen LogP) is 3.94. The number of nitrogens with zero attached hydrogens (tertiary/aromatic N) is 5. The van der Waals surface area contributed by atoms with Crippen molar-refractivity contribution in [2.24, 2.45) is 11.7 Å². The summed E-state index contributed by atoms with van der Waals surface area (Å²) in [5, 5.41) is 0.767. The van der Waals surface area contributed by atoms with Crippen LogP contribution in [-0.4, -0.2) is 50.5 Å². The lowest BCUT2D eigenvalue weighted by Crippen LogP contribution is -2.37. The second kappa shape index (κ2) is 10.8. The number of rotatable bonds is 8. The Hall–Kier alpha value is -3.57. The number of furan rings is 1. The summed E-state index contributed by atoms with van der Waals surface area (Å²) in [6, 6.07) is 9.67. The van der Waals surface area contributed by atoms with Crippen molar-refractivity contribution in [1.82, 2.24) is 24.4 Å². The van der Waals surface area contributed by atoms with Gasteiger partial charge in [0.25, 0.3) is 0 Å². The lowest BCUT2D eigenvalue weighted by atomic mass is 9.93. The van der Waals surface area contributed by atoms with Gasteiger partial charge < -0.3 is 30.1 Å². The van der Waals surface area contributed by atoms with Crippen LogP contribution < -0.4 is 16.2 Å². The minimum Gasteiger partial charge on any atom is -0.497 e. The average molecular weight is 522 g/mol. The highest BCUT2D eigenvalue weighted by atomic mass is 32.2. The van der Waals surface area contributed by atoms with Crippen LogP contribution in [0.3, 0.4) is 0 Å². The molecule has 0 unspecified atom stereocenters. The number of nitrogens with two attached hydrogens (primary N) is 2. The molecule has 0 spiro atoms. The molecular formula is C26H31N7O3S. The van der Waals surface area contributed by atoms with Crippen molar-refractivity contribution < 1.29 is 13.9 Å². The number of ether oxygens (including phenoxy) is 1. The molecule has 0 radical (unpaired) electrons. The second-order valence-electron chi connectivity index (χ2n) is 9.15. The molecule has 11 heteroatoms. The van der Waals surface area contributed by atoms with Gasteiger partial charge in [0, 0.05) is 37.0 Å². The summed E-state index contributed by atoms with van der Waals surface area (Å²) in [4.78, 5) is 28.1. The molecule has 4 heterocycles. The number of hydrogen-bond acceptors (Lipinski definition) is 9. The van der Waals surface area contributed by atoms with Gasteiger partial charge in [-0.25, -0.2) is 15.0 Å². The van der Waals surface area contributed by atoms with Crippen LogP contribution in [0, 0.1) is 5.92 Å². The number of nitrogen functional groups attached to an aromatic ring is 1. The fraction of sp³-hybridized carbons (Fsp3) is 0.385. The molecule has 5 rings (SSSR count). The highest BCUT2D eigenvalue weighted by Crippen LogP contribution is 2.40. The van der Waals surface area contributed by atoms with Gasteiger partial charge in [0.15, 0.2) is 22.1 Å². The number of carbonyl (C=O) groups is 1. The van der Waals surface area contributed by atoms with Crippen LogP contribution in [0.5, 0.6) is 5.75 Å². The van der Waals surface area contributed by atoms with E-state index in [0.29, 0.717) is 35.2 Å². The fourth-order valence-corrected chi connectivity index (χ4v) is 5.79.